The van der Waals surface area contributed by atoms with E-state index in [1.165, 1.54) is 19.3 Å². The molecule has 1 saturated carbocycles. The van der Waals surface area contributed by atoms with Crippen LogP contribution in [0.15, 0.2) is 12.1 Å². The van der Waals surface area contributed by atoms with Crippen molar-refractivity contribution in [2.75, 3.05) is 6.54 Å². The fraction of sp³-hybridized carbons (Fsp3) is 0.583. The van der Waals surface area contributed by atoms with Crippen LogP contribution in [0.25, 0.3) is 0 Å². The minimum Gasteiger partial charge on any atom is -0.350 e. The van der Waals surface area contributed by atoms with Crippen LogP contribution in [0.3, 0.4) is 0 Å². The van der Waals surface area contributed by atoms with E-state index in [-0.39, 0.29) is 5.91 Å². The van der Waals surface area contributed by atoms with Crippen LogP contribution in [-0.2, 0) is 0 Å². The van der Waals surface area contributed by atoms with Crippen LogP contribution in [0, 0.1) is 5.41 Å². The lowest BCUT2D eigenvalue weighted by molar-refractivity contribution is 0.0937. The summed E-state index contributed by atoms with van der Waals surface area (Å²) in [6, 6.07) is 3.16. The SMILES string of the molecule is CCCC1(CNC(=O)c2ccc(Cl)nn2)CC1. The van der Waals surface area contributed by atoms with Crippen molar-refractivity contribution in [2.45, 2.75) is 32.6 Å². The molecule has 17 heavy (non-hydrogen) atoms. The molecule has 1 heterocycles. The molecule has 0 unspecified atom stereocenters. The standard InChI is InChI=1S/C12H16ClN3O/c1-2-5-12(6-7-12)8-14-11(17)9-3-4-10(13)16-15-9/h3-4H,2,5-8H2,1H3,(H,14,17). The van der Waals surface area contributed by atoms with Gasteiger partial charge in [0, 0.05) is 6.54 Å². The summed E-state index contributed by atoms with van der Waals surface area (Å²) in [7, 11) is 0. The molecule has 1 aliphatic rings. The molecule has 1 amide bonds. The summed E-state index contributed by atoms with van der Waals surface area (Å²) in [6.07, 6.45) is 4.77. The van der Waals surface area contributed by atoms with Gasteiger partial charge in [0.05, 0.1) is 0 Å². The molecule has 5 heteroatoms. The van der Waals surface area contributed by atoms with Crippen molar-refractivity contribution in [3.8, 4) is 0 Å². The molecule has 2 rings (SSSR count). The Morgan fingerprint density at radius 1 is 1.47 bits per heavy atom. The van der Waals surface area contributed by atoms with Gasteiger partial charge >= 0.3 is 0 Å². The Balaban J connectivity index is 1.87. The molecule has 92 valence electrons. The van der Waals surface area contributed by atoms with Crippen LogP contribution >= 0.6 is 11.6 Å². The summed E-state index contributed by atoms with van der Waals surface area (Å²) in [5, 5.41) is 10.6. The number of nitrogens with zero attached hydrogens (tertiary/aromatic N) is 2. The van der Waals surface area contributed by atoms with Crippen molar-refractivity contribution >= 4 is 17.5 Å². The highest BCUT2D eigenvalue weighted by molar-refractivity contribution is 6.29. The molecule has 4 nitrogen and oxygen atoms in total. The summed E-state index contributed by atoms with van der Waals surface area (Å²) in [5.41, 5.74) is 0.672. The van der Waals surface area contributed by atoms with Gasteiger partial charge in [0.1, 0.15) is 0 Å². The van der Waals surface area contributed by atoms with Crippen molar-refractivity contribution in [3.63, 3.8) is 0 Å². The van der Waals surface area contributed by atoms with E-state index in [0.717, 1.165) is 13.0 Å². The summed E-state index contributed by atoms with van der Waals surface area (Å²) >= 11 is 5.61. The Bertz CT molecular complexity index is 401. The topological polar surface area (TPSA) is 54.9 Å². The van der Waals surface area contributed by atoms with Gasteiger partial charge in [-0.25, -0.2) is 0 Å². The Hall–Kier alpha value is -1.16. The second kappa shape index (κ2) is 5.00. The van der Waals surface area contributed by atoms with Gasteiger partial charge in [-0.2, -0.15) is 0 Å². The number of halogens is 1. The monoisotopic (exact) mass is 253 g/mol. The molecule has 0 atom stereocenters. The van der Waals surface area contributed by atoms with Crippen LogP contribution in [0.2, 0.25) is 5.15 Å². The maximum atomic E-state index is 11.8. The van der Waals surface area contributed by atoms with E-state index in [1.807, 2.05) is 0 Å². The van der Waals surface area contributed by atoms with Gasteiger partial charge in [0.2, 0.25) is 0 Å². The zero-order valence-electron chi connectivity index (χ0n) is 9.87. The van der Waals surface area contributed by atoms with E-state index in [0.29, 0.717) is 16.3 Å². The summed E-state index contributed by atoms with van der Waals surface area (Å²) in [6.45, 7) is 2.91. The van der Waals surface area contributed by atoms with E-state index in [9.17, 15) is 4.79 Å². The van der Waals surface area contributed by atoms with E-state index in [1.54, 1.807) is 12.1 Å². The van der Waals surface area contributed by atoms with Crippen LogP contribution < -0.4 is 5.32 Å². The third-order valence-electron chi connectivity index (χ3n) is 3.23. The van der Waals surface area contributed by atoms with Gasteiger partial charge in [0.25, 0.3) is 5.91 Å². The van der Waals surface area contributed by atoms with Crippen LogP contribution in [0.4, 0.5) is 0 Å². The molecule has 0 spiro atoms. The lowest BCUT2D eigenvalue weighted by Crippen LogP contribution is -2.30. The average Bonchev–Trinajstić information content (AvgIpc) is 3.08. The van der Waals surface area contributed by atoms with Crippen molar-refractivity contribution in [3.05, 3.63) is 23.0 Å². The van der Waals surface area contributed by atoms with Crippen LogP contribution in [0.5, 0.6) is 0 Å². The highest BCUT2D eigenvalue weighted by Gasteiger charge is 2.41. The molecule has 1 fully saturated rings. The molecule has 0 aromatic carbocycles. The third kappa shape index (κ3) is 3.16. The molecule has 1 N–H and O–H groups in total. The highest BCUT2D eigenvalue weighted by atomic mass is 35.5. The lowest BCUT2D eigenvalue weighted by atomic mass is 10.0. The molecule has 1 aromatic heterocycles. The van der Waals surface area contributed by atoms with Crippen molar-refractivity contribution in [1.29, 1.82) is 0 Å². The zero-order chi connectivity index (χ0) is 12.3. The lowest BCUT2D eigenvalue weighted by Gasteiger charge is -2.14. The molecule has 0 aliphatic heterocycles. The first-order valence-corrected chi connectivity index (χ1v) is 6.30. The van der Waals surface area contributed by atoms with Crippen molar-refractivity contribution in [2.24, 2.45) is 5.41 Å². The number of hydrogen-bond donors (Lipinski definition) is 1. The fourth-order valence-corrected chi connectivity index (χ4v) is 2.12. The maximum Gasteiger partial charge on any atom is 0.271 e. The Kier molecular flexibility index (Phi) is 3.62. The van der Waals surface area contributed by atoms with Crippen molar-refractivity contribution in [1.82, 2.24) is 15.5 Å². The molecule has 1 aliphatic carbocycles. The number of carbonyl (C=O) groups excluding carboxylic acids is 1. The van der Waals surface area contributed by atoms with Gasteiger partial charge in [-0.1, -0.05) is 24.9 Å². The first-order chi connectivity index (χ1) is 8.15. The first-order valence-electron chi connectivity index (χ1n) is 5.93. The second-order valence-corrected chi connectivity index (χ2v) is 5.06. The Morgan fingerprint density at radius 2 is 2.24 bits per heavy atom. The number of rotatable bonds is 5. The van der Waals surface area contributed by atoms with Crippen molar-refractivity contribution < 1.29 is 4.79 Å². The predicted octanol–water partition coefficient (Wildman–Crippen LogP) is 2.44. The van der Waals surface area contributed by atoms with Gasteiger partial charge in [-0.3, -0.25) is 4.79 Å². The Morgan fingerprint density at radius 3 is 2.76 bits per heavy atom. The first kappa shape index (κ1) is 12.3. The van der Waals surface area contributed by atoms with Gasteiger partial charge in [-0.15, -0.1) is 10.2 Å². The van der Waals surface area contributed by atoms with E-state index < -0.39 is 0 Å². The highest BCUT2D eigenvalue weighted by Crippen LogP contribution is 2.48. The van der Waals surface area contributed by atoms with Crippen LogP contribution in [-0.4, -0.2) is 22.6 Å². The number of carbonyl (C=O) groups is 1. The predicted molar refractivity (Wildman–Crippen MR) is 66.0 cm³/mol. The molecular weight excluding hydrogens is 238 g/mol. The van der Waals surface area contributed by atoms with E-state index in [4.69, 9.17) is 11.6 Å². The number of aromatic nitrogens is 2. The minimum absolute atomic E-state index is 0.170. The number of nitrogens with one attached hydrogen (secondary N) is 1. The summed E-state index contributed by atoms with van der Waals surface area (Å²) < 4.78 is 0. The average molecular weight is 254 g/mol. The largest absolute Gasteiger partial charge is 0.350 e. The van der Waals surface area contributed by atoms with Gasteiger partial charge < -0.3 is 5.32 Å². The zero-order valence-corrected chi connectivity index (χ0v) is 10.6. The van der Waals surface area contributed by atoms with Gasteiger partial charge in [-0.05, 0) is 36.8 Å². The maximum absolute atomic E-state index is 11.8. The number of hydrogen-bond acceptors (Lipinski definition) is 3. The normalized spacial score (nSPS) is 16.6. The molecular formula is C12H16ClN3O. The smallest absolute Gasteiger partial charge is 0.271 e. The molecule has 0 radical (unpaired) electrons. The number of amides is 1. The molecule has 0 saturated heterocycles. The molecule has 0 bridgehead atoms. The quantitative estimate of drug-likeness (QED) is 0.877. The third-order valence-corrected chi connectivity index (χ3v) is 3.43. The minimum atomic E-state index is -0.170. The fourth-order valence-electron chi connectivity index (χ4n) is 2.02. The van der Waals surface area contributed by atoms with E-state index >= 15 is 0 Å². The van der Waals surface area contributed by atoms with Gasteiger partial charge in [0.15, 0.2) is 10.8 Å². The second-order valence-electron chi connectivity index (χ2n) is 4.67. The summed E-state index contributed by atoms with van der Waals surface area (Å²) in [4.78, 5) is 11.8. The summed E-state index contributed by atoms with van der Waals surface area (Å²) in [5.74, 6) is -0.170. The Labute approximate surface area is 106 Å². The van der Waals surface area contributed by atoms with E-state index in [2.05, 4.69) is 22.4 Å². The molecule has 1 aromatic rings. The van der Waals surface area contributed by atoms with Crippen LogP contribution in [0.1, 0.15) is 43.1 Å².